The summed E-state index contributed by atoms with van der Waals surface area (Å²) in [6.45, 7) is 1.92. The van der Waals surface area contributed by atoms with Crippen LogP contribution in [0.15, 0.2) is 24.3 Å². The molecule has 1 unspecified atom stereocenters. The number of nitrogens with zero attached hydrogens (tertiary/aromatic N) is 4. The fraction of sp³-hybridized carbons (Fsp3) is 0.579. The van der Waals surface area contributed by atoms with Crippen LogP contribution in [-0.4, -0.2) is 77.4 Å². The minimum absolute atomic E-state index is 0.00543. The van der Waals surface area contributed by atoms with E-state index in [0.29, 0.717) is 37.7 Å². The molecule has 2 aliphatic rings. The van der Waals surface area contributed by atoms with Gasteiger partial charge in [-0.1, -0.05) is 0 Å². The number of likely N-dealkylation sites (N-methyl/N-ethyl adjacent to an activating group) is 1. The van der Waals surface area contributed by atoms with Crippen LogP contribution in [0.2, 0.25) is 0 Å². The molecule has 0 radical (unpaired) electrons. The Morgan fingerprint density at radius 1 is 1.21 bits per heavy atom. The molecule has 2 saturated heterocycles. The quantitative estimate of drug-likeness (QED) is 0.562. The lowest BCUT2D eigenvalue weighted by atomic mass is 10.2. The highest BCUT2D eigenvalue weighted by Gasteiger charge is 2.39. The van der Waals surface area contributed by atoms with Gasteiger partial charge in [-0.2, -0.15) is 0 Å². The van der Waals surface area contributed by atoms with Crippen LogP contribution in [0.5, 0.6) is 0 Å². The molecular formula is C19H26N4O5. The molecule has 0 bridgehead atoms. The van der Waals surface area contributed by atoms with E-state index in [1.165, 1.54) is 17.0 Å². The van der Waals surface area contributed by atoms with Crippen LogP contribution in [0.4, 0.5) is 10.5 Å². The summed E-state index contributed by atoms with van der Waals surface area (Å²) >= 11 is 0. The predicted octanol–water partition coefficient (Wildman–Crippen LogP) is 1.86. The van der Waals surface area contributed by atoms with Crippen molar-refractivity contribution in [3.05, 3.63) is 39.9 Å². The molecule has 152 valence electrons. The second-order valence-corrected chi connectivity index (χ2v) is 7.52. The van der Waals surface area contributed by atoms with Crippen molar-refractivity contribution < 1.29 is 19.2 Å². The first-order chi connectivity index (χ1) is 13.4. The summed E-state index contributed by atoms with van der Waals surface area (Å²) in [4.78, 5) is 41.1. The van der Waals surface area contributed by atoms with Crippen molar-refractivity contribution >= 4 is 17.7 Å². The van der Waals surface area contributed by atoms with E-state index in [1.54, 1.807) is 12.1 Å². The van der Waals surface area contributed by atoms with Crippen molar-refractivity contribution in [2.75, 3.05) is 33.7 Å². The Morgan fingerprint density at radius 3 is 2.54 bits per heavy atom. The molecule has 2 amide bonds. The topological polar surface area (TPSA) is 96.2 Å². The molecule has 0 aromatic heterocycles. The van der Waals surface area contributed by atoms with E-state index in [1.807, 2.05) is 19.0 Å². The van der Waals surface area contributed by atoms with Gasteiger partial charge in [0, 0.05) is 37.8 Å². The highest BCUT2D eigenvalue weighted by molar-refractivity contribution is 5.86. The largest absolute Gasteiger partial charge is 0.445 e. The number of rotatable bonds is 5. The van der Waals surface area contributed by atoms with Gasteiger partial charge in [-0.3, -0.25) is 19.8 Å². The van der Waals surface area contributed by atoms with E-state index in [9.17, 15) is 19.7 Å². The summed E-state index contributed by atoms with van der Waals surface area (Å²) in [5, 5.41) is 10.7. The van der Waals surface area contributed by atoms with Crippen molar-refractivity contribution in [1.82, 2.24) is 14.7 Å². The van der Waals surface area contributed by atoms with Crippen LogP contribution in [0, 0.1) is 10.1 Å². The van der Waals surface area contributed by atoms with Gasteiger partial charge >= 0.3 is 6.09 Å². The number of hydrogen-bond donors (Lipinski definition) is 0. The molecule has 9 heteroatoms. The molecule has 3 rings (SSSR count). The van der Waals surface area contributed by atoms with E-state index in [0.717, 1.165) is 12.8 Å². The number of likely N-dealkylation sites (tertiary alicyclic amines) is 2. The zero-order valence-electron chi connectivity index (χ0n) is 16.2. The van der Waals surface area contributed by atoms with Gasteiger partial charge in [0.05, 0.1) is 4.92 Å². The van der Waals surface area contributed by atoms with Gasteiger partial charge in [0.15, 0.2) is 0 Å². The molecule has 1 aromatic rings. The van der Waals surface area contributed by atoms with E-state index in [4.69, 9.17) is 4.74 Å². The number of amides is 2. The van der Waals surface area contributed by atoms with Gasteiger partial charge in [0.1, 0.15) is 12.6 Å². The van der Waals surface area contributed by atoms with Crippen LogP contribution >= 0.6 is 0 Å². The Labute approximate surface area is 164 Å². The average Bonchev–Trinajstić information content (AvgIpc) is 3.35. The zero-order chi connectivity index (χ0) is 20.3. The third-order valence-electron chi connectivity index (χ3n) is 5.49. The molecule has 28 heavy (non-hydrogen) atoms. The minimum Gasteiger partial charge on any atom is -0.445 e. The van der Waals surface area contributed by atoms with Crippen LogP contribution < -0.4 is 0 Å². The summed E-state index contributed by atoms with van der Waals surface area (Å²) in [5.41, 5.74) is 0.649. The van der Waals surface area contributed by atoms with Crippen LogP contribution in [0.3, 0.4) is 0 Å². The smallest absolute Gasteiger partial charge is 0.410 e. The summed E-state index contributed by atoms with van der Waals surface area (Å²) in [6, 6.07) is 5.76. The number of carbonyl (C=O) groups is 2. The maximum atomic E-state index is 12.9. The lowest BCUT2D eigenvalue weighted by Crippen LogP contribution is -2.47. The Bertz CT molecular complexity index is 736. The third kappa shape index (κ3) is 4.41. The Morgan fingerprint density at radius 2 is 1.93 bits per heavy atom. The van der Waals surface area contributed by atoms with Gasteiger partial charge in [-0.25, -0.2) is 4.79 Å². The summed E-state index contributed by atoms with van der Waals surface area (Å²) in [7, 11) is 4.02. The van der Waals surface area contributed by atoms with Crippen LogP contribution in [0.25, 0.3) is 0 Å². The highest BCUT2D eigenvalue weighted by Crippen LogP contribution is 2.24. The van der Waals surface area contributed by atoms with Gasteiger partial charge in [-0.15, -0.1) is 0 Å². The normalized spacial score (nSPS) is 22.0. The molecular weight excluding hydrogens is 364 g/mol. The van der Waals surface area contributed by atoms with Gasteiger partial charge in [0.2, 0.25) is 5.91 Å². The van der Waals surface area contributed by atoms with Gasteiger partial charge in [-0.05, 0) is 51.1 Å². The van der Waals surface area contributed by atoms with Gasteiger partial charge < -0.3 is 14.5 Å². The first-order valence-corrected chi connectivity index (χ1v) is 9.48. The van der Waals surface area contributed by atoms with Gasteiger partial charge in [0.25, 0.3) is 5.69 Å². The average molecular weight is 390 g/mol. The molecule has 9 nitrogen and oxygen atoms in total. The lowest BCUT2D eigenvalue weighted by Gasteiger charge is -2.28. The monoisotopic (exact) mass is 390 g/mol. The van der Waals surface area contributed by atoms with E-state index >= 15 is 0 Å². The standard InChI is InChI=1S/C19H26N4O5/c1-20(2)16-9-11-21(12-16)18(24)17-4-3-10-22(17)19(25)28-13-14-5-7-15(8-6-14)23(26)27/h5-8,16-17H,3-4,9-13H2,1-2H3/t16-,17?/m0/s1. The fourth-order valence-electron chi connectivity index (χ4n) is 3.76. The number of hydrogen-bond acceptors (Lipinski definition) is 6. The zero-order valence-corrected chi connectivity index (χ0v) is 16.2. The van der Waals surface area contributed by atoms with Crippen molar-refractivity contribution in [3.8, 4) is 0 Å². The molecule has 2 fully saturated rings. The number of carbonyl (C=O) groups excluding carboxylic acids is 2. The van der Waals surface area contributed by atoms with E-state index in [2.05, 4.69) is 4.90 Å². The molecule has 2 heterocycles. The number of nitro benzene ring substituents is 1. The van der Waals surface area contributed by atoms with Crippen molar-refractivity contribution in [2.24, 2.45) is 0 Å². The van der Waals surface area contributed by atoms with E-state index in [-0.39, 0.29) is 18.2 Å². The maximum Gasteiger partial charge on any atom is 0.410 e. The molecule has 2 atom stereocenters. The van der Waals surface area contributed by atoms with E-state index < -0.39 is 17.1 Å². The number of ether oxygens (including phenoxy) is 1. The molecule has 0 N–H and O–H groups in total. The first-order valence-electron chi connectivity index (χ1n) is 9.48. The molecule has 0 aliphatic carbocycles. The minimum atomic E-state index is -0.516. The summed E-state index contributed by atoms with van der Waals surface area (Å²) < 4.78 is 5.35. The molecule has 1 aromatic carbocycles. The number of benzene rings is 1. The lowest BCUT2D eigenvalue weighted by molar-refractivity contribution is -0.384. The van der Waals surface area contributed by atoms with Crippen LogP contribution in [0.1, 0.15) is 24.8 Å². The van der Waals surface area contributed by atoms with Crippen molar-refractivity contribution in [1.29, 1.82) is 0 Å². The van der Waals surface area contributed by atoms with Crippen molar-refractivity contribution in [3.63, 3.8) is 0 Å². The van der Waals surface area contributed by atoms with Crippen molar-refractivity contribution in [2.45, 2.75) is 38.0 Å². The SMILES string of the molecule is CN(C)[C@H]1CCN(C(=O)C2CCCN2C(=O)OCc2ccc([N+](=O)[O-])cc2)C1. The fourth-order valence-corrected chi connectivity index (χ4v) is 3.76. The summed E-state index contributed by atoms with van der Waals surface area (Å²) in [5.74, 6) is -0.00543. The first kappa shape index (κ1) is 20.1. The maximum absolute atomic E-state index is 12.9. The Balaban J connectivity index is 1.55. The molecule has 0 spiro atoms. The predicted molar refractivity (Wildman–Crippen MR) is 102 cm³/mol. The summed E-state index contributed by atoms with van der Waals surface area (Å²) in [6.07, 6.45) is 1.84. The van der Waals surface area contributed by atoms with Crippen LogP contribution in [-0.2, 0) is 16.1 Å². The number of nitro groups is 1. The third-order valence-corrected chi connectivity index (χ3v) is 5.49. The Hall–Kier alpha value is -2.68. The number of non-ortho nitro benzene ring substituents is 1. The second-order valence-electron chi connectivity index (χ2n) is 7.52. The molecule has 0 saturated carbocycles. The highest BCUT2D eigenvalue weighted by atomic mass is 16.6. The molecule has 2 aliphatic heterocycles. The Kier molecular flexibility index (Phi) is 6.13. The second kappa shape index (κ2) is 8.55.